The highest BCUT2D eigenvalue weighted by atomic mass is 32.2. The van der Waals surface area contributed by atoms with Gasteiger partial charge in [-0.2, -0.15) is 17.0 Å². The SMILES string of the molecule is Cc1cc(C)cc(OCCN(C)S(=O)(=O)N2CCOCC2)c1. The molecule has 22 heavy (non-hydrogen) atoms. The minimum Gasteiger partial charge on any atom is -0.492 e. The molecule has 124 valence electrons. The standard InChI is InChI=1S/C15H24N2O4S/c1-13-10-14(2)12-15(11-13)21-9-4-16(3)22(18,19)17-5-7-20-8-6-17/h10-12H,4-9H2,1-3H3. The molecule has 1 fully saturated rings. The molecule has 1 saturated heterocycles. The molecule has 2 rings (SSSR count). The minimum absolute atomic E-state index is 0.312. The van der Waals surface area contributed by atoms with Gasteiger partial charge in [-0.1, -0.05) is 6.07 Å². The molecule has 0 radical (unpaired) electrons. The predicted octanol–water partition coefficient (Wildman–Crippen LogP) is 1.19. The highest BCUT2D eigenvalue weighted by Gasteiger charge is 2.28. The zero-order valence-electron chi connectivity index (χ0n) is 13.4. The van der Waals surface area contributed by atoms with Gasteiger partial charge in [0.25, 0.3) is 10.2 Å². The van der Waals surface area contributed by atoms with Crippen LogP contribution in [0.25, 0.3) is 0 Å². The number of ether oxygens (including phenoxy) is 2. The van der Waals surface area contributed by atoms with Crippen molar-refractivity contribution in [2.75, 3.05) is 46.5 Å². The first-order chi connectivity index (χ1) is 10.4. The summed E-state index contributed by atoms with van der Waals surface area (Å²) in [5.74, 6) is 0.773. The van der Waals surface area contributed by atoms with Crippen molar-refractivity contribution in [3.05, 3.63) is 29.3 Å². The van der Waals surface area contributed by atoms with E-state index < -0.39 is 10.2 Å². The largest absolute Gasteiger partial charge is 0.492 e. The topological polar surface area (TPSA) is 59.1 Å². The zero-order chi connectivity index (χ0) is 16.2. The Morgan fingerprint density at radius 2 is 1.77 bits per heavy atom. The zero-order valence-corrected chi connectivity index (χ0v) is 14.2. The minimum atomic E-state index is -3.43. The van der Waals surface area contributed by atoms with Gasteiger partial charge in [0.15, 0.2) is 0 Å². The first-order valence-electron chi connectivity index (χ1n) is 7.40. The average Bonchev–Trinajstić information content (AvgIpc) is 2.47. The second kappa shape index (κ2) is 7.41. The maximum atomic E-state index is 12.4. The molecular formula is C15H24N2O4S. The Balaban J connectivity index is 1.87. The number of hydrogen-bond donors (Lipinski definition) is 0. The van der Waals surface area contributed by atoms with E-state index in [1.165, 1.54) is 8.61 Å². The van der Waals surface area contributed by atoms with Gasteiger partial charge >= 0.3 is 0 Å². The Kier molecular flexibility index (Phi) is 5.80. The Hall–Kier alpha value is -1.15. The Labute approximate surface area is 132 Å². The summed E-state index contributed by atoms with van der Waals surface area (Å²) in [5, 5.41) is 0. The van der Waals surface area contributed by atoms with E-state index >= 15 is 0 Å². The van der Waals surface area contributed by atoms with Gasteiger partial charge in [-0.05, 0) is 37.1 Å². The monoisotopic (exact) mass is 328 g/mol. The van der Waals surface area contributed by atoms with E-state index in [-0.39, 0.29) is 0 Å². The third-order valence-corrected chi connectivity index (χ3v) is 5.55. The second-order valence-corrected chi connectivity index (χ2v) is 7.55. The summed E-state index contributed by atoms with van der Waals surface area (Å²) in [5.41, 5.74) is 2.26. The third-order valence-electron chi connectivity index (χ3n) is 3.56. The number of morpholine rings is 1. The maximum Gasteiger partial charge on any atom is 0.281 e. The predicted molar refractivity (Wildman–Crippen MR) is 85.4 cm³/mol. The average molecular weight is 328 g/mol. The molecule has 0 spiro atoms. The summed E-state index contributed by atoms with van der Waals surface area (Å²) in [6.07, 6.45) is 0. The van der Waals surface area contributed by atoms with Crippen LogP contribution in [0, 0.1) is 13.8 Å². The number of likely N-dealkylation sites (N-methyl/N-ethyl adjacent to an activating group) is 1. The van der Waals surface area contributed by atoms with E-state index in [1.54, 1.807) is 7.05 Å². The van der Waals surface area contributed by atoms with Gasteiger partial charge in [0.2, 0.25) is 0 Å². The van der Waals surface area contributed by atoms with Crippen molar-refractivity contribution in [3.63, 3.8) is 0 Å². The van der Waals surface area contributed by atoms with E-state index in [9.17, 15) is 8.42 Å². The van der Waals surface area contributed by atoms with Crippen molar-refractivity contribution in [2.45, 2.75) is 13.8 Å². The fraction of sp³-hybridized carbons (Fsp3) is 0.600. The molecule has 1 aromatic rings. The van der Waals surface area contributed by atoms with Crippen molar-refractivity contribution in [1.82, 2.24) is 8.61 Å². The Morgan fingerprint density at radius 1 is 1.18 bits per heavy atom. The molecule has 0 saturated carbocycles. The van der Waals surface area contributed by atoms with Crippen molar-refractivity contribution in [2.24, 2.45) is 0 Å². The van der Waals surface area contributed by atoms with Gasteiger partial charge in [-0.3, -0.25) is 0 Å². The quantitative estimate of drug-likeness (QED) is 0.787. The van der Waals surface area contributed by atoms with Crippen LogP contribution in [0.2, 0.25) is 0 Å². The van der Waals surface area contributed by atoms with Crippen LogP contribution in [0.4, 0.5) is 0 Å². The Bertz CT molecular complexity index is 577. The van der Waals surface area contributed by atoms with Crippen LogP contribution in [-0.2, 0) is 14.9 Å². The first kappa shape index (κ1) is 17.2. The van der Waals surface area contributed by atoms with Gasteiger partial charge in [-0.25, -0.2) is 0 Å². The summed E-state index contributed by atoms with van der Waals surface area (Å²) in [4.78, 5) is 0. The van der Waals surface area contributed by atoms with E-state index in [0.717, 1.165) is 16.9 Å². The van der Waals surface area contributed by atoms with Gasteiger partial charge in [0, 0.05) is 26.7 Å². The number of hydrogen-bond acceptors (Lipinski definition) is 4. The van der Waals surface area contributed by atoms with Crippen molar-refractivity contribution >= 4 is 10.2 Å². The fourth-order valence-electron chi connectivity index (χ4n) is 2.40. The molecule has 1 aromatic carbocycles. The van der Waals surface area contributed by atoms with Crippen molar-refractivity contribution in [1.29, 1.82) is 0 Å². The van der Waals surface area contributed by atoms with Crippen LogP contribution in [0.15, 0.2) is 18.2 Å². The molecule has 0 aliphatic carbocycles. The molecule has 0 aromatic heterocycles. The number of nitrogens with zero attached hydrogens (tertiary/aromatic N) is 2. The van der Waals surface area contributed by atoms with E-state index in [4.69, 9.17) is 9.47 Å². The van der Waals surface area contributed by atoms with Gasteiger partial charge < -0.3 is 9.47 Å². The van der Waals surface area contributed by atoms with Gasteiger partial charge in [0.05, 0.1) is 13.2 Å². The lowest BCUT2D eigenvalue weighted by molar-refractivity contribution is 0.0704. The molecule has 0 amide bonds. The van der Waals surface area contributed by atoms with Gasteiger partial charge in [0.1, 0.15) is 12.4 Å². The number of aryl methyl sites for hydroxylation is 2. The highest BCUT2D eigenvalue weighted by Crippen LogP contribution is 2.16. The van der Waals surface area contributed by atoms with E-state index in [2.05, 4.69) is 6.07 Å². The van der Waals surface area contributed by atoms with Crippen LogP contribution >= 0.6 is 0 Å². The molecule has 0 unspecified atom stereocenters. The molecule has 7 heteroatoms. The molecule has 1 aliphatic rings. The van der Waals surface area contributed by atoms with Crippen molar-refractivity contribution < 1.29 is 17.9 Å². The molecule has 1 aliphatic heterocycles. The van der Waals surface area contributed by atoms with Crippen LogP contribution in [0.1, 0.15) is 11.1 Å². The number of benzene rings is 1. The smallest absolute Gasteiger partial charge is 0.281 e. The maximum absolute atomic E-state index is 12.4. The third kappa shape index (κ3) is 4.42. The molecule has 0 bridgehead atoms. The molecular weight excluding hydrogens is 304 g/mol. The first-order valence-corrected chi connectivity index (χ1v) is 8.79. The second-order valence-electron chi connectivity index (χ2n) is 5.51. The normalized spacial score (nSPS) is 16.9. The van der Waals surface area contributed by atoms with Crippen LogP contribution in [0.5, 0.6) is 5.75 Å². The molecule has 0 N–H and O–H groups in total. The summed E-state index contributed by atoms with van der Waals surface area (Å²) in [6.45, 7) is 6.37. The summed E-state index contributed by atoms with van der Waals surface area (Å²) in [6, 6.07) is 5.97. The lowest BCUT2D eigenvalue weighted by Gasteiger charge is -2.30. The molecule has 1 heterocycles. The fourth-order valence-corrected chi connectivity index (χ4v) is 3.71. The molecule has 0 atom stereocenters. The highest BCUT2D eigenvalue weighted by molar-refractivity contribution is 7.86. The Morgan fingerprint density at radius 3 is 2.36 bits per heavy atom. The summed E-state index contributed by atoms with van der Waals surface area (Å²) >= 11 is 0. The summed E-state index contributed by atoms with van der Waals surface area (Å²) in [7, 11) is -1.85. The summed E-state index contributed by atoms with van der Waals surface area (Å²) < 4.78 is 38.4. The van der Waals surface area contributed by atoms with Crippen LogP contribution < -0.4 is 4.74 Å². The molecule has 6 nitrogen and oxygen atoms in total. The van der Waals surface area contributed by atoms with E-state index in [0.29, 0.717) is 39.5 Å². The van der Waals surface area contributed by atoms with Crippen LogP contribution in [0.3, 0.4) is 0 Å². The lowest BCUT2D eigenvalue weighted by Crippen LogP contribution is -2.48. The van der Waals surface area contributed by atoms with Crippen molar-refractivity contribution in [3.8, 4) is 5.75 Å². The van der Waals surface area contributed by atoms with Gasteiger partial charge in [-0.15, -0.1) is 0 Å². The number of rotatable bonds is 6. The van der Waals surface area contributed by atoms with Crippen LogP contribution in [-0.4, -0.2) is 63.5 Å². The lowest BCUT2D eigenvalue weighted by atomic mass is 10.1. The van der Waals surface area contributed by atoms with E-state index in [1.807, 2.05) is 26.0 Å².